The molecule has 8 rings (SSSR count). The Morgan fingerprint density at radius 2 is 1.49 bits per heavy atom. The highest BCUT2D eigenvalue weighted by atomic mass is 19.1. The van der Waals surface area contributed by atoms with E-state index in [0.717, 1.165) is 22.1 Å². The van der Waals surface area contributed by atoms with Gasteiger partial charge < -0.3 is 51.1 Å². The van der Waals surface area contributed by atoms with Crippen LogP contribution in [0.4, 0.5) is 4.39 Å². The summed E-state index contributed by atoms with van der Waals surface area (Å²) in [5.41, 5.74) is 4.10. The number of aromatic nitrogens is 2. The summed E-state index contributed by atoms with van der Waals surface area (Å²) in [5.74, 6) is -5.46. The van der Waals surface area contributed by atoms with E-state index in [1.165, 1.54) is 6.07 Å². The summed E-state index contributed by atoms with van der Waals surface area (Å²) in [6.45, 7) is 2.54. The topological polar surface area (TPSA) is 303 Å². The lowest BCUT2D eigenvalue weighted by Gasteiger charge is -2.33. The van der Waals surface area contributed by atoms with Crippen LogP contribution in [0.5, 0.6) is 0 Å². The number of halogens is 1. The number of carbonyl (C=O) groups is 9. The van der Waals surface area contributed by atoms with Gasteiger partial charge in [0.2, 0.25) is 35.4 Å². The van der Waals surface area contributed by atoms with Gasteiger partial charge in [-0.1, -0.05) is 50.1 Å². The Bertz CT molecular complexity index is 3100. The van der Waals surface area contributed by atoms with E-state index in [-0.39, 0.29) is 82.7 Å². The Hall–Kier alpha value is -7.92. The summed E-state index contributed by atoms with van der Waals surface area (Å²) in [4.78, 5) is 137. The van der Waals surface area contributed by atoms with Crippen molar-refractivity contribution in [1.82, 2.24) is 46.5 Å². The van der Waals surface area contributed by atoms with Gasteiger partial charge in [-0.25, -0.2) is 14.2 Å². The van der Waals surface area contributed by atoms with Gasteiger partial charge in [0.15, 0.2) is 0 Å². The number of hydroxylamine groups is 2. The molecule has 0 radical (unpaired) electrons. The van der Waals surface area contributed by atoms with Crippen LogP contribution in [-0.4, -0.2) is 112 Å². The molecule has 0 spiro atoms. The van der Waals surface area contributed by atoms with Crippen LogP contribution in [0.15, 0.2) is 47.3 Å². The highest BCUT2D eigenvalue weighted by Crippen LogP contribution is 2.46. The molecule has 0 unspecified atom stereocenters. The number of benzene rings is 2. The third-order valence-corrected chi connectivity index (χ3v) is 14.6. The molecular formula is C55H64FN9O13. The molecule has 22 nitrogen and oxygen atoms in total. The molecule has 4 aromatic rings. The zero-order chi connectivity index (χ0) is 55.7. The number of aryl methyl sites for hydroxylation is 1. The van der Waals surface area contributed by atoms with Gasteiger partial charge in [-0.2, -0.15) is 0 Å². The van der Waals surface area contributed by atoms with Crippen molar-refractivity contribution in [3.63, 3.8) is 0 Å². The number of nitrogens with zero attached hydrogens (tertiary/aromatic N) is 3. The smallest absolute Gasteiger partial charge is 0.333 e. The minimum Gasteiger partial charge on any atom is -0.383 e. The van der Waals surface area contributed by atoms with Gasteiger partial charge in [0.1, 0.15) is 17.5 Å². The van der Waals surface area contributed by atoms with Gasteiger partial charge in [-0.05, 0) is 79.3 Å². The van der Waals surface area contributed by atoms with Crippen molar-refractivity contribution in [2.75, 3.05) is 32.8 Å². The van der Waals surface area contributed by atoms with Gasteiger partial charge in [0, 0.05) is 67.6 Å². The second kappa shape index (κ2) is 25.0. The lowest BCUT2D eigenvalue weighted by molar-refractivity contribution is -0.197. The molecule has 8 amide bonds. The predicted octanol–water partition coefficient (Wildman–Crippen LogP) is 2.02. The number of ether oxygens (including phenoxy) is 1. The average Bonchev–Trinajstić information content (AvgIpc) is 4.15. The highest BCUT2D eigenvalue weighted by molar-refractivity contribution is 6.01. The molecule has 7 N–H and O–H groups in total. The number of imide groups is 1. The minimum absolute atomic E-state index is 0.000507. The van der Waals surface area contributed by atoms with Crippen LogP contribution >= 0.6 is 0 Å². The van der Waals surface area contributed by atoms with Crippen molar-refractivity contribution in [2.24, 2.45) is 0 Å². The fourth-order valence-corrected chi connectivity index (χ4v) is 10.4. The standard InChI is InChI=1S/C55H64FN9O13/c1-3-55(76)30-77-29-35-36(55)23-41-52-34(28-64(41)54(35)75)51-38(18-17-33-31(2)37(56)24-39(63-52)50(33)51)61-43(67)15-11-21-57-44(68)26-60-53(74)40(22-32-12-7-6-8-13-32)62-46(70)27-59-45(69)25-58-42(66)14-9-4-5-10-16-49(73)78-65-47(71)19-20-48(65)72/h6-8,12-13,23-24,38,40,76H,3-5,9-11,14-22,25-30H2,1-2H3,(H,57,68)(H,58,66)(H,59,69)(H,60,74)(H,61,67)(H,62,70)/t38-,40-,55+/m0/s1. The van der Waals surface area contributed by atoms with Crippen LogP contribution in [0.2, 0.25) is 0 Å². The van der Waals surface area contributed by atoms with Crippen LogP contribution in [-0.2, 0) is 84.3 Å². The number of fused-ring (bicyclic) bond motifs is 5. The molecule has 5 heterocycles. The summed E-state index contributed by atoms with van der Waals surface area (Å²) in [6.07, 6.45) is 3.79. The van der Waals surface area contributed by atoms with E-state index < -0.39 is 90.5 Å². The van der Waals surface area contributed by atoms with E-state index in [1.54, 1.807) is 47.9 Å². The normalized spacial score (nSPS) is 17.3. The zero-order valence-electron chi connectivity index (χ0n) is 43.6. The number of hydrogen-bond acceptors (Lipinski definition) is 14. The molecule has 2 aromatic carbocycles. The number of rotatable bonds is 24. The molecule has 414 valence electrons. The molecule has 3 atom stereocenters. The van der Waals surface area contributed by atoms with Gasteiger partial charge in [0.05, 0.1) is 62.3 Å². The Morgan fingerprint density at radius 1 is 0.808 bits per heavy atom. The molecule has 2 aromatic heterocycles. The second-order valence-electron chi connectivity index (χ2n) is 20.1. The maximum atomic E-state index is 15.4. The fourth-order valence-electron chi connectivity index (χ4n) is 10.4. The van der Waals surface area contributed by atoms with E-state index in [4.69, 9.17) is 14.6 Å². The van der Waals surface area contributed by atoms with E-state index >= 15 is 4.39 Å². The van der Waals surface area contributed by atoms with Crippen LogP contribution in [0.25, 0.3) is 22.3 Å². The first-order chi connectivity index (χ1) is 37.4. The third kappa shape index (κ3) is 13.1. The SMILES string of the molecule is CC[C@@]1(O)COCc2c1cc1n(c2=O)Cc2c-1nc1cc(F)c(C)c3c1c2[C@@H](NC(=O)CCCNC(=O)CNC(=O)[C@H](Cc1ccccc1)NC(=O)CNC(=O)CNC(=O)CCCCCCC(=O)ON1C(=O)CCC1=O)CC3. The molecule has 1 fully saturated rings. The molecule has 23 heteroatoms. The van der Waals surface area contributed by atoms with Crippen LogP contribution in [0.1, 0.15) is 129 Å². The van der Waals surface area contributed by atoms with Crippen molar-refractivity contribution in [2.45, 2.75) is 135 Å². The number of amides is 8. The number of carbonyl (C=O) groups excluding carboxylic acids is 9. The van der Waals surface area contributed by atoms with Gasteiger partial charge >= 0.3 is 5.97 Å². The fraction of sp³-hybridized carbons (Fsp3) is 0.473. The van der Waals surface area contributed by atoms with Crippen molar-refractivity contribution >= 4 is 64.1 Å². The lowest BCUT2D eigenvalue weighted by Crippen LogP contribution is -2.52. The molecule has 4 aliphatic rings. The second-order valence-corrected chi connectivity index (χ2v) is 20.1. The molecular weight excluding hydrogens is 1010 g/mol. The molecule has 1 aliphatic carbocycles. The quantitative estimate of drug-likeness (QED) is 0.0344. The van der Waals surface area contributed by atoms with Crippen molar-refractivity contribution in [3.05, 3.63) is 97.6 Å². The van der Waals surface area contributed by atoms with E-state index in [9.17, 15) is 53.1 Å². The van der Waals surface area contributed by atoms with Crippen LogP contribution in [0, 0.1) is 12.7 Å². The third-order valence-electron chi connectivity index (χ3n) is 14.6. The van der Waals surface area contributed by atoms with E-state index in [0.29, 0.717) is 89.2 Å². The maximum Gasteiger partial charge on any atom is 0.333 e. The van der Waals surface area contributed by atoms with Crippen molar-refractivity contribution in [1.29, 1.82) is 0 Å². The maximum absolute atomic E-state index is 15.4. The van der Waals surface area contributed by atoms with Crippen molar-refractivity contribution in [3.8, 4) is 11.4 Å². The Balaban J connectivity index is 0.769. The number of pyridine rings is 2. The van der Waals surface area contributed by atoms with E-state index in [2.05, 4.69) is 31.9 Å². The number of unbranched alkanes of at least 4 members (excludes halogenated alkanes) is 3. The Kier molecular flexibility index (Phi) is 18.1. The predicted molar refractivity (Wildman–Crippen MR) is 277 cm³/mol. The Labute approximate surface area is 447 Å². The first kappa shape index (κ1) is 56.3. The highest BCUT2D eigenvalue weighted by Gasteiger charge is 2.40. The first-order valence-corrected chi connectivity index (χ1v) is 26.4. The summed E-state index contributed by atoms with van der Waals surface area (Å²) in [5, 5.41) is 28.6. The van der Waals surface area contributed by atoms with Crippen LogP contribution < -0.4 is 37.5 Å². The number of nitrogens with one attached hydrogen (secondary N) is 6. The zero-order valence-corrected chi connectivity index (χ0v) is 43.6. The minimum atomic E-state index is -1.36. The van der Waals surface area contributed by atoms with E-state index in [1.807, 2.05) is 6.92 Å². The molecule has 78 heavy (non-hydrogen) atoms. The lowest BCUT2D eigenvalue weighted by atomic mass is 9.81. The molecule has 1 saturated heterocycles. The molecule has 0 saturated carbocycles. The Morgan fingerprint density at radius 3 is 2.23 bits per heavy atom. The summed E-state index contributed by atoms with van der Waals surface area (Å²) in [7, 11) is 0. The summed E-state index contributed by atoms with van der Waals surface area (Å²) < 4.78 is 22.6. The van der Waals surface area contributed by atoms with Gasteiger partial charge in [-0.3, -0.25) is 43.2 Å². The average molecular weight is 1080 g/mol. The number of hydrogen-bond donors (Lipinski definition) is 7. The van der Waals surface area contributed by atoms with Crippen molar-refractivity contribution < 1.29 is 62.2 Å². The summed E-state index contributed by atoms with van der Waals surface area (Å²) in [6, 6.07) is 10.4. The molecule has 0 bridgehead atoms. The largest absolute Gasteiger partial charge is 0.383 e. The first-order valence-electron chi connectivity index (χ1n) is 26.4. The molecule has 3 aliphatic heterocycles. The van der Waals surface area contributed by atoms with Gasteiger partial charge in [-0.15, -0.1) is 5.06 Å². The summed E-state index contributed by atoms with van der Waals surface area (Å²) >= 11 is 0. The van der Waals surface area contributed by atoms with Crippen LogP contribution in [0.3, 0.4) is 0 Å². The number of aliphatic hydroxyl groups is 1. The van der Waals surface area contributed by atoms with Gasteiger partial charge in [0.25, 0.3) is 17.4 Å². The monoisotopic (exact) mass is 1080 g/mol.